The maximum absolute atomic E-state index is 13.4. The SMILES string of the molecule is CC(O)(c1cccc(Cl)c1)c1cc(C(=O)c2cncnc2NC2C[C@H](COS(N)(=O)=O)[C@@H](O)C2)sc1Cl. The second-order valence-electron chi connectivity index (χ2n) is 8.91. The minimum absolute atomic E-state index is 0.174. The van der Waals surface area contributed by atoms with Gasteiger partial charge in [0.15, 0.2) is 0 Å². The van der Waals surface area contributed by atoms with E-state index in [2.05, 4.69) is 19.5 Å². The van der Waals surface area contributed by atoms with E-state index in [1.165, 1.54) is 18.6 Å². The number of benzene rings is 1. The van der Waals surface area contributed by atoms with Gasteiger partial charge >= 0.3 is 10.3 Å². The molecule has 1 aliphatic rings. The maximum Gasteiger partial charge on any atom is 0.333 e. The van der Waals surface area contributed by atoms with E-state index in [9.17, 15) is 23.4 Å². The number of hydrogen-bond acceptors (Lipinski definition) is 10. The van der Waals surface area contributed by atoms with E-state index >= 15 is 0 Å². The van der Waals surface area contributed by atoms with Crippen molar-refractivity contribution in [3.8, 4) is 0 Å². The van der Waals surface area contributed by atoms with E-state index in [0.717, 1.165) is 11.3 Å². The Morgan fingerprint density at radius 1 is 1.32 bits per heavy atom. The summed E-state index contributed by atoms with van der Waals surface area (Å²) in [7, 11) is -4.12. The Morgan fingerprint density at radius 2 is 2.08 bits per heavy atom. The highest BCUT2D eigenvalue weighted by atomic mass is 35.5. The largest absolute Gasteiger partial charge is 0.393 e. The standard InChI is InChI=1S/C23H24Cl2N4O6S2/c1-23(32,13-3-2-4-14(24)6-13)17-8-19(36-21(17)25)20(31)16-9-27-11-28-22(16)29-15-5-12(18(30)7-15)10-35-37(26,33)34/h2-4,6,8-9,11-12,15,18,30,32H,5,7,10H2,1H3,(H2,26,33,34)(H,27,28,29)/t12-,15?,18+,23?/m1/s1. The van der Waals surface area contributed by atoms with Gasteiger partial charge < -0.3 is 15.5 Å². The Morgan fingerprint density at radius 3 is 2.78 bits per heavy atom. The number of halogens is 2. The molecule has 4 rings (SSSR count). The van der Waals surface area contributed by atoms with Gasteiger partial charge in [0.2, 0.25) is 5.78 Å². The van der Waals surface area contributed by atoms with Crippen molar-refractivity contribution in [1.82, 2.24) is 9.97 Å². The third kappa shape index (κ3) is 6.47. The molecule has 3 aromatic rings. The molecule has 14 heteroatoms. The van der Waals surface area contributed by atoms with E-state index in [1.807, 2.05) is 0 Å². The maximum atomic E-state index is 13.4. The van der Waals surface area contributed by atoms with Gasteiger partial charge in [0.25, 0.3) is 0 Å². The van der Waals surface area contributed by atoms with Crippen LogP contribution in [-0.4, -0.2) is 53.1 Å². The molecule has 1 fully saturated rings. The number of ketones is 1. The molecule has 10 nitrogen and oxygen atoms in total. The van der Waals surface area contributed by atoms with Crippen molar-refractivity contribution in [1.29, 1.82) is 0 Å². The first kappa shape index (κ1) is 27.9. The van der Waals surface area contributed by atoms with E-state index in [-0.39, 0.29) is 39.7 Å². The molecule has 1 saturated carbocycles. The number of hydrogen-bond donors (Lipinski definition) is 4. The molecule has 0 amide bonds. The highest BCUT2D eigenvalue weighted by Crippen LogP contribution is 2.40. The molecule has 5 N–H and O–H groups in total. The van der Waals surface area contributed by atoms with Crippen LogP contribution >= 0.6 is 34.5 Å². The van der Waals surface area contributed by atoms with Crippen molar-refractivity contribution in [2.24, 2.45) is 11.1 Å². The summed E-state index contributed by atoms with van der Waals surface area (Å²) in [6.07, 6.45) is 2.47. The number of aliphatic hydroxyl groups is 2. The Kier molecular flexibility index (Phi) is 8.22. The molecule has 0 saturated heterocycles. The minimum Gasteiger partial charge on any atom is -0.393 e. The Balaban J connectivity index is 1.54. The van der Waals surface area contributed by atoms with Crippen molar-refractivity contribution < 1.29 is 27.6 Å². The van der Waals surface area contributed by atoms with Crippen molar-refractivity contribution in [2.75, 3.05) is 11.9 Å². The number of carbonyl (C=O) groups excluding carboxylic acids is 1. The lowest BCUT2D eigenvalue weighted by atomic mass is 9.89. The number of rotatable bonds is 9. The first-order chi connectivity index (χ1) is 17.3. The number of nitrogens with one attached hydrogen (secondary N) is 1. The number of nitrogens with zero attached hydrogens (tertiary/aromatic N) is 2. The van der Waals surface area contributed by atoms with E-state index in [4.69, 9.17) is 28.3 Å². The number of carbonyl (C=O) groups is 1. The number of anilines is 1. The summed E-state index contributed by atoms with van der Waals surface area (Å²) in [5.74, 6) is -0.627. The van der Waals surface area contributed by atoms with E-state index in [0.29, 0.717) is 22.6 Å². The van der Waals surface area contributed by atoms with Crippen LogP contribution in [0.4, 0.5) is 5.82 Å². The summed E-state index contributed by atoms with van der Waals surface area (Å²) >= 11 is 13.6. The normalized spacial score (nSPS) is 21.5. The molecule has 2 aromatic heterocycles. The Labute approximate surface area is 227 Å². The van der Waals surface area contributed by atoms with E-state index in [1.54, 1.807) is 31.2 Å². The summed E-state index contributed by atoms with van der Waals surface area (Å²) < 4.78 is 27.0. The summed E-state index contributed by atoms with van der Waals surface area (Å²) in [5.41, 5.74) is -0.454. The number of thiophene rings is 1. The first-order valence-electron chi connectivity index (χ1n) is 11.1. The zero-order chi connectivity index (χ0) is 27.0. The lowest BCUT2D eigenvalue weighted by Gasteiger charge is -2.23. The number of aliphatic hydroxyl groups excluding tert-OH is 1. The molecule has 37 heavy (non-hydrogen) atoms. The third-order valence-corrected chi connectivity index (χ3v) is 8.28. The predicted molar refractivity (Wildman–Crippen MR) is 140 cm³/mol. The molecule has 0 radical (unpaired) electrons. The Bertz CT molecular complexity index is 1420. The van der Waals surface area contributed by atoms with Gasteiger partial charge in [-0.05, 0) is 43.5 Å². The first-order valence-corrected chi connectivity index (χ1v) is 14.1. The van der Waals surface area contributed by atoms with Crippen LogP contribution in [0.25, 0.3) is 0 Å². The van der Waals surface area contributed by atoms with Gasteiger partial charge in [-0.3, -0.25) is 8.98 Å². The molecule has 1 aliphatic carbocycles. The summed E-state index contributed by atoms with van der Waals surface area (Å²) in [6, 6.07) is 7.97. The molecule has 2 unspecified atom stereocenters. The second-order valence-corrected chi connectivity index (χ2v) is 12.2. The van der Waals surface area contributed by atoms with Gasteiger partial charge in [0.1, 0.15) is 17.7 Å². The van der Waals surface area contributed by atoms with Crippen LogP contribution in [0.5, 0.6) is 0 Å². The quantitative estimate of drug-likeness (QED) is 0.275. The molecule has 1 aromatic carbocycles. The van der Waals surface area contributed by atoms with Crippen molar-refractivity contribution >= 4 is 56.4 Å². The smallest absolute Gasteiger partial charge is 0.333 e. The number of nitrogens with two attached hydrogens (primary N) is 1. The van der Waals surface area contributed by atoms with Crippen LogP contribution in [0.15, 0.2) is 42.9 Å². The zero-order valence-electron chi connectivity index (χ0n) is 19.5. The molecule has 2 heterocycles. The summed E-state index contributed by atoms with van der Waals surface area (Å²) in [6.45, 7) is 1.32. The monoisotopic (exact) mass is 586 g/mol. The van der Waals surface area contributed by atoms with Crippen LogP contribution in [0.1, 0.15) is 46.1 Å². The van der Waals surface area contributed by atoms with Crippen LogP contribution in [-0.2, 0) is 20.1 Å². The number of aromatic nitrogens is 2. The van der Waals surface area contributed by atoms with Gasteiger partial charge in [-0.15, -0.1) is 11.3 Å². The third-order valence-electron chi connectivity index (χ3n) is 6.22. The van der Waals surface area contributed by atoms with Crippen molar-refractivity contribution in [3.05, 3.63) is 73.8 Å². The molecular weight excluding hydrogens is 563 g/mol. The molecule has 0 bridgehead atoms. The minimum atomic E-state index is -4.12. The second kappa shape index (κ2) is 10.9. The molecule has 198 valence electrons. The summed E-state index contributed by atoms with van der Waals surface area (Å²) in [4.78, 5) is 21.9. The molecular formula is C23H24Cl2N4O6S2. The highest BCUT2D eigenvalue weighted by molar-refractivity contribution is 7.84. The topological polar surface area (TPSA) is 165 Å². The Hall–Kier alpha value is -2.16. The van der Waals surface area contributed by atoms with Gasteiger partial charge in [-0.2, -0.15) is 8.42 Å². The average Bonchev–Trinajstić information content (AvgIpc) is 3.39. The van der Waals surface area contributed by atoms with Crippen LogP contribution in [0.2, 0.25) is 9.36 Å². The fraction of sp³-hybridized carbons (Fsp3) is 0.348. The van der Waals surface area contributed by atoms with Gasteiger partial charge in [-0.1, -0.05) is 35.3 Å². The van der Waals surface area contributed by atoms with Gasteiger partial charge in [0, 0.05) is 28.7 Å². The lowest BCUT2D eigenvalue weighted by Crippen LogP contribution is -2.24. The van der Waals surface area contributed by atoms with Crippen molar-refractivity contribution in [2.45, 2.75) is 37.5 Å². The van der Waals surface area contributed by atoms with Gasteiger partial charge in [0.05, 0.1) is 27.5 Å². The molecule has 0 aliphatic heterocycles. The predicted octanol–water partition coefficient (Wildman–Crippen LogP) is 3.10. The van der Waals surface area contributed by atoms with Crippen LogP contribution in [0.3, 0.4) is 0 Å². The molecule has 4 atom stereocenters. The fourth-order valence-corrected chi connectivity index (χ4v) is 6.26. The molecule has 0 spiro atoms. The fourth-order valence-electron chi connectivity index (χ4n) is 4.28. The highest BCUT2D eigenvalue weighted by Gasteiger charge is 2.35. The summed E-state index contributed by atoms with van der Waals surface area (Å²) in [5, 5.41) is 30.0. The van der Waals surface area contributed by atoms with Crippen molar-refractivity contribution in [3.63, 3.8) is 0 Å². The van der Waals surface area contributed by atoms with Crippen LogP contribution < -0.4 is 10.5 Å². The lowest BCUT2D eigenvalue weighted by molar-refractivity contribution is 0.100. The van der Waals surface area contributed by atoms with Gasteiger partial charge in [-0.25, -0.2) is 15.1 Å². The van der Waals surface area contributed by atoms with Crippen LogP contribution in [0, 0.1) is 5.92 Å². The zero-order valence-corrected chi connectivity index (χ0v) is 22.6. The van der Waals surface area contributed by atoms with E-state index < -0.39 is 33.7 Å². The average molecular weight is 588 g/mol.